The Kier molecular flexibility index (Phi) is 5.85. The number of nitrogens with zero attached hydrogens (tertiary/aromatic N) is 2. The first-order valence-electron chi connectivity index (χ1n) is 11.1. The number of ether oxygens (including phenoxy) is 1. The van der Waals surface area contributed by atoms with Crippen LogP contribution in [-0.4, -0.2) is 70.3 Å². The van der Waals surface area contributed by atoms with E-state index in [1.54, 1.807) is 11.0 Å². The molecular formula is C24H30N2O6. The van der Waals surface area contributed by atoms with E-state index in [2.05, 4.69) is 6.58 Å². The number of carbonyl (C=O) groups is 3. The highest BCUT2D eigenvalue weighted by atomic mass is 16.5. The number of likely N-dealkylation sites (tertiary alicyclic amines) is 1. The van der Waals surface area contributed by atoms with Gasteiger partial charge in [0.2, 0.25) is 5.91 Å². The zero-order valence-corrected chi connectivity index (χ0v) is 18.5. The molecule has 8 heteroatoms. The maximum absolute atomic E-state index is 14.1. The molecule has 2 N–H and O–H groups in total. The molecule has 172 valence electrons. The number of aliphatic hydroxyl groups is 1. The molecule has 0 aliphatic carbocycles. The van der Waals surface area contributed by atoms with Crippen molar-refractivity contribution in [3.63, 3.8) is 0 Å². The van der Waals surface area contributed by atoms with Gasteiger partial charge in [-0.15, -0.1) is 6.58 Å². The van der Waals surface area contributed by atoms with Crippen LogP contribution in [0.2, 0.25) is 0 Å². The molecular weight excluding hydrogens is 412 g/mol. The van der Waals surface area contributed by atoms with E-state index in [1.165, 1.54) is 4.90 Å². The number of carbonyl (C=O) groups excluding carboxylic acids is 2. The molecule has 2 amide bonds. The molecule has 3 fully saturated rings. The first kappa shape index (κ1) is 22.5. The van der Waals surface area contributed by atoms with Gasteiger partial charge in [0.1, 0.15) is 11.6 Å². The van der Waals surface area contributed by atoms with Gasteiger partial charge in [0.15, 0.2) is 0 Å². The van der Waals surface area contributed by atoms with Crippen molar-refractivity contribution < 1.29 is 29.3 Å². The van der Waals surface area contributed by atoms with Crippen LogP contribution in [0.4, 0.5) is 5.69 Å². The van der Waals surface area contributed by atoms with E-state index in [-0.39, 0.29) is 31.5 Å². The Morgan fingerprint density at radius 1 is 1.38 bits per heavy atom. The van der Waals surface area contributed by atoms with Crippen LogP contribution in [0.5, 0.6) is 0 Å². The van der Waals surface area contributed by atoms with Crippen LogP contribution in [0.25, 0.3) is 0 Å². The Bertz CT molecular complexity index is 962. The lowest BCUT2D eigenvalue weighted by Gasteiger charge is -2.37. The summed E-state index contributed by atoms with van der Waals surface area (Å²) in [5.74, 6) is -3.59. The number of rotatable bonds is 8. The summed E-state index contributed by atoms with van der Waals surface area (Å²) in [6, 6.07) is 4.89. The molecule has 3 saturated heterocycles. The number of carboxylic acid groups (broad SMARTS) is 1. The quantitative estimate of drug-likeness (QED) is 0.593. The van der Waals surface area contributed by atoms with Crippen molar-refractivity contribution in [1.82, 2.24) is 4.90 Å². The molecule has 3 aliphatic heterocycles. The molecule has 0 radical (unpaired) electrons. The van der Waals surface area contributed by atoms with Gasteiger partial charge < -0.3 is 24.7 Å². The van der Waals surface area contributed by atoms with Crippen LogP contribution < -0.4 is 4.90 Å². The zero-order valence-electron chi connectivity index (χ0n) is 18.5. The fourth-order valence-corrected chi connectivity index (χ4v) is 5.79. The molecule has 1 aromatic rings. The van der Waals surface area contributed by atoms with Crippen molar-refractivity contribution in [3.8, 4) is 0 Å². The summed E-state index contributed by atoms with van der Waals surface area (Å²) >= 11 is 0. The lowest BCUT2D eigenvalue weighted by Crippen LogP contribution is -2.56. The number of hydrogen-bond donors (Lipinski definition) is 2. The number of aliphatic carboxylic acids is 1. The van der Waals surface area contributed by atoms with Gasteiger partial charge in [0, 0.05) is 25.4 Å². The lowest BCUT2D eigenvalue weighted by molar-refractivity contribution is -0.149. The fraction of sp³-hybridized carbons (Fsp3) is 0.542. The highest BCUT2D eigenvalue weighted by Gasteiger charge is 2.74. The number of amides is 2. The van der Waals surface area contributed by atoms with Crippen LogP contribution in [-0.2, 0) is 19.1 Å². The van der Waals surface area contributed by atoms with Gasteiger partial charge in [-0.3, -0.25) is 14.4 Å². The second kappa shape index (κ2) is 8.33. The van der Waals surface area contributed by atoms with Gasteiger partial charge in [-0.25, -0.2) is 0 Å². The number of aryl methyl sites for hydroxylation is 2. The molecule has 1 aromatic carbocycles. The smallest absolute Gasteiger partial charge is 0.310 e. The van der Waals surface area contributed by atoms with Crippen LogP contribution in [0.1, 0.15) is 30.4 Å². The van der Waals surface area contributed by atoms with Crippen LogP contribution >= 0.6 is 0 Å². The molecule has 2 unspecified atom stereocenters. The minimum atomic E-state index is -1.16. The Labute approximate surface area is 187 Å². The monoisotopic (exact) mass is 442 g/mol. The molecule has 32 heavy (non-hydrogen) atoms. The van der Waals surface area contributed by atoms with Crippen molar-refractivity contribution in [2.24, 2.45) is 11.8 Å². The first-order valence-corrected chi connectivity index (χ1v) is 11.1. The predicted octanol–water partition coefficient (Wildman–Crippen LogP) is 1.66. The minimum Gasteiger partial charge on any atom is -0.481 e. The third-order valence-corrected chi connectivity index (χ3v) is 7.11. The van der Waals surface area contributed by atoms with Gasteiger partial charge >= 0.3 is 5.97 Å². The SMILES string of the molecule is C=CCN(C(=O)C1N(CCCO)C(=O)[C@@H]2[C@H](C(=O)O)[C@@H]3CCC12O3)c1cc(C)ccc1C. The molecule has 2 bridgehead atoms. The minimum absolute atomic E-state index is 0.137. The Balaban J connectivity index is 1.80. The van der Waals surface area contributed by atoms with Gasteiger partial charge in [-0.2, -0.15) is 0 Å². The normalized spacial score (nSPS) is 30.5. The molecule has 5 atom stereocenters. The average Bonchev–Trinajstić information content (AvgIpc) is 3.39. The van der Waals surface area contributed by atoms with E-state index < -0.39 is 35.6 Å². The summed E-state index contributed by atoms with van der Waals surface area (Å²) in [7, 11) is 0. The van der Waals surface area contributed by atoms with Gasteiger partial charge in [-0.1, -0.05) is 18.2 Å². The third-order valence-electron chi connectivity index (χ3n) is 7.11. The zero-order chi connectivity index (χ0) is 23.2. The van der Waals surface area contributed by atoms with Gasteiger partial charge in [-0.05, 0) is 50.3 Å². The van der Waals surface area contributed by atoms with Crippen LogP contribution in [0.3, 0.4) is 0 Å². The van der Waals surface area contributed by atoms with E-state index in [4.69, 9.17) is 4.74 Å². The Hall–Kier alpha value is -2.71. The Morgan fingerprint density at radius 3 is 2.78 bits per heavy atom. The van der Waals surface area contributed by atoms with Crippen LogP contribution in [0.15, 0.2) is 30.9 Å². The second-order valence-electron chi connectivity index (χ2n) is 9.03. The van der Waals surface area contributed by atoms with E-state index in [9.17, 15) is 24.6 Å². The molecule has 0 aromatic heterocycles. The molecule has 3 aliphatic rings. The van der Waals surface area contributed by atoms with Gasteiger partial charge in [0.25, 0.3) is 5.91 Å². The van der Waals surface area contributed by atoms with Crippen molar-refractivity contribution in [3.05, 3.63) is 42.0 Å². The highest BCUT2D eigenvalue weighted by molar-refractivity contribution is 6.05. The largest absolute Gasteiger partial charge is 0.481 e. The maximum atomic E-state index is 14.1. The van der Waals surface area contributed by atoms with E-state index in [1.807, 2.05) is 32.0 Å². The highest BCUT2D eigenvalue weighted by Crippen LogP contribution is 2.58. The number of aliphatic hydroxyl groups excluding tert-OH is 1. The van der Waals surface area contributed by atoms with Crippen molar-refractivity contribution in [2.75, 3.05) is 24.6 Å². The number of fused-ring (bicyclic) bond motifs is 1. The lowest BCUT2D eigenvalue weighted by atomic mass is 9.70. The summed E-state index contributed by atoms with van der Waals surface area (Å²) in [6.45, 7) is 7.94. The van der Waals surface area contributed by atoms with E-state index in [0.29, 0.717) is 19.3 Å². The summed E-state index contributed by atoms with van der Waals surface area (Å²) < 4.78 is 6.21. The molecule has 0 saturated carbocycles. The van der Waals surface area contributed by atoms with E-state index >= 15 is 0 Å². The van der Waals surface area contributed by atoms with Crippen molar-refractivity contribution >= 4 is 23.5 Å². The molecule has 4 rings (SSSR count). The van der Waals surface area contributed by atoms with Gasteiger partial charge in [0.05, 0.1) is 17.9 Å². The summed E-state index contributed by atoms with van der Waals surface area (Å²) in [6.07, 6.45) is 2.33. The summed E-state index contributed by atoms with van der Waals surface area (Å²) in [5, 5.41) is 19.2. The third kappa shape index (κ3) is 3.24. The van der Waals surface area contributed by atoms with Crippen LogP contribution in [0, 0.1) is 25.7 Å². The molecule has 3 heterocycles. The fourth-order valence-electron chi connectivity index (χ4n) is 5.79. The summed E-state index contributed by atoms with van der Waals surface area (Å²) in [5.41, 5.74) is 1.47. The molecule has 1 spiro atoms. The van der Waals surface area contributed by atoms with E-state index in [0.717, 1.165) is 16.8 Å². The summed E-state index contributed by atoms with van der Waals surface area (Å²) in [4.78, 5) is 42.6. The van der Waals surface area contributed by atoms with Crippen molar-refractivity contribution in [1.29, 1.82) is 0 Å². The maximum Gasteiger partial charge on any atom is 0.310 e. The first-order chi connectivity index (χ1) is 15.3. The molecule has 8 nitrogen and oxygen atoms in total. The van der Waals surface area contributed by atoms with Crippen molar-refractivity contribution in [2.45, 2.75) is 50.9 Å². The Morgan fingerprint density at radius 2 is 2.12 bits per heavy atom. The number of benzene rings is 1. The number of hydrogen-bond acceptors (Lipinski definition) is 5. The standard InChI is InChI=1S/C24H30N2O6/c1-4-10-25(16-13-14(2)6-7-15(16)3)22(29)20-24-9-8-17(32-24)18(23(30)31)19(24)21(28)26(20)11-5-12-27/h4,6-7,13,17-20,27H,1,5,8-12H2,2-3H3,(H,30,31)/t17-,18+,19-,20?,24?/m0/s1. The average molecular weight is 443 g/mol. The number of anilines is 1. The number of carboxylic acids is 1. The second-order valence-corrected chi connectivity index (χ2v) is 9.03. The predicted molar refractivity (Wildman–Crippen MR) is 117 cm³/mol. The topological polar surface area (TPSA) is 107 Å².